The first-order valence-electron chi connectivity index (χ1n) is 8.39. The van der Waals surface area contributed by atoms with E-state index in [0.29, 0.717) is 11.4 Å². The van der Waals surface area contributed by atoms with E-state index < -0.39 is 0 Å². The molecule has 24 heavy (non-hydrogen) atoms. The van der Waals surface area contributed by atoms with Gasteiger partial charge in [0.2, 0.25) is 0 Å². The highest BCUT2D eigenvalue weighted by Crippen LogP contribution is 2.22. The zero-order chi connectivity index (χ0) is 17.6. The molecule has 0 saturated carbocycles. The number of benzene rings is 1. The molecule has 2 aromatic rings. The molecule has 0 aliphatic rings. The molecule has 5 nitrogen and oxygen atoms in total. The van der Waals surface area contributed by atoms with Gasteiger partial charge >= 0.3 is 0 Å². The number of hydrogen-bond donors (Lipinski definition) is 2. The largest absolute Gasteiger partial charge is 0.369 e. The quantitative estimate of drug-likeness (QED) is 0.779. The number of aromatic nitrogens is 2. The molecule has 1 heterocycles. The average Bonchev–Trinajstić information content (AvgIpc) is 2.56. The zero-order valence-electron chi connectivity index (χ0n) is 14.9. The molecule has 0 atom stereocenters. The average molecular weight is 326 g/mol. The Balaban J connectivity index is 1.96. The molecule has 0 aliphatic heterocycles. The SMILES string of the molecule is CCCCNc1ccc(NC(=O)c2ccc(C(C)(C)C)cc2)nn1. The van der Waals surface area contributed by atoms with E-state index in [1.807, 2.05) is 30.3 Å². The van der Waals surface area contributed by atoms with Gasteiger partial charge in [-0.25, -0.2) is 0 Å². The highest BCUT2D eigenvalue weighted by Gasteiger charge is 2.14. The number of amides is 1. The van der Waals surface area contributed by atoms with Crippen LogP contribution in [-0.2, 0) is 5.41 Å². The Labute approximate surface area is 143 Å². The summed E-state index contributed by atoms with van der Waals surface area (Å²) in [5, 5.41) is 14.1. The van der Waals surface area contributed by atoms with Crippen molar-refractivity contribution in [1.82, 2.24) is 10.2 Å². The number of anilines is 2. The van der Waals surface area contributed by atoms with Gasteiger partial charge in [-0.1, -0.05) is 46.2 Å². The summed E-state index contributed by atoms with van der Waals surface area (Å²) in [6.45, 7) is 9.45. The molecule has 128 valence electrons. The second-order valence-electron chi connectivity index (χ2n) is 6.87. The predicted octanol–water partition coefficient (Wildman–Crippen LogP) is 4.24. The summed E-state index contributed by atoms with van der Waals surface area (Å²) >= 11 is 0. The lowest BCUT2D eigenvalue weighted by Gasteiger charge is -2.19. The molecular formula is C19H26N4O. The van der Waals surface area contributed by atoms with Crippen molar-refractivity contribution < 1.29 is 4.79 Å². The first-order chi connectivity index (χ1) is 11.4. The number of hydrogen-bond acceptors (Lipinski definition) is 4. The van der Waals surface area contributed by atoms with Gasteiger partial charge in [0, 0.05) is 12.1 Å². The van der Waals surface area contributed by atoms with Crippen LogP contribution in [0.2, 0.25) is 0 Å². The Hall–Kier alpha value is -2.43. The van der Waals surface area contributed by atoms with E-state index in [9.17, 15) is 4.79 Å². The minimum atomic E-state index is -0.184. The predicted molar refractivity (Wildman–Crippen MR) is 98.5 cm³/mol. The van der Waals surface area contributed by atoms with Gasteiger partial charge in [0.25, 0.3) is 5.91 Å². The normalized spacial score (nSPS) is 11.2. The van der Waals surface area contributed by atoms with E-state index in [-0.39, 0.29) is 11.3 Å². The van der Waals surface area contributed by atoms with Gasteiger partial charge in [-0.2, -0.15) is 0 Å². The van der Waals surface area contributed by atoms with Crippen molar-refractivity contribution in [3.8, 4) is 0 Å². The molecule has 5 heteroatoms. The summed E-state index contributed by atoms with van der Waals surface area (Å²) in [6.07, 6.45) is 2.22. The Morgan fingerprint density at radius 2 is 1.62 bits per heavy atom. The van der Waals surface area contributed by atoms with Gasteiger partial charge in [0.05, 0.1) is 0 Å². The van der Waals surface area contributed by atoms with Crippen molar-refractivity contribution in [3.63, 3.8) is 0 Å². The van der Waals surface area contributed by atoms with Crippen molar-refractivity contribution in [2.45, 2.75) is 46.0 Å². The Morgan fingerprint density at radius 1 is 1.00 bits per heavy atom. The summed E-state index contributed by atoms with van der Waals surface area (Å²) < 4.78 is 0. The Morgan fingerprint density at radius 3 is 2.17 bits per heavy atom. The third-order valence-electron chi connectivity index (χ3n) is 3.76. The van der Waals surface area contributed by atoms with Crippen molar-refractivity contribution in [2.24, 2.45) is 0 Å². The van der Waals surface area contributed by atoms with Crippen LogP contribution >= 0.6 is 0 Å². The summed E-state index contributed by atoms with van der Waals surface area (Å²) in [5.41, 5.74) is 1.87. The molecule has 1 aromatic heterocycles. The standard InChI is InChI=1S/C19H26N4O/c1-5-6-13-20-16-11-12-17(23-22-16)21-18(24)14-7-9-15(10-8-14)19(2,3)4/h7-12H,5-6,13H2,1-4H3,(H,20,22)(H,21,23,24). The van der Waals surface area contributed by atoms with Gasteiger partial charge in [0.15, 0.2) is 5.82 Å². The summed E-state index contributed by atoms with van der Waals surface area (Å²) in [5.74, 6) is 0.980. The molecule has 0 radical (unpaired) electrons. The topological polar surface area (TPSA) is 66.9 Å². The molecule has 0 fully saturated rings. The van der Waals surface area contributed by atoms with Gasteiger partial charge in [-0.05, 0) is 41.7 Å². The van der Waals surface area contributed by atoms with Crippen LogP contribution in [0.1, 0.15) is 56.5 Å². The smallest absolute Gasteiger partial charge is 0.256 e. The van der Waals surface area contributed by atoms with Crippen LogP contribution in [0, 0.1) is 0 Å². The van der Waals surface area contributed by atoms with E-state index in [2.05, 4.69) is 48.5 Å². The fourth-order valence-corrected chi connectivity index (χ4v) is 2.20. The summed E-state index contributed by atoms with van der Waals surface area (Å²) in [7, 11) is 0. The molecule has 1 amide bonds. The van der Waals surface area contributed by atoms with Gasteiger partial charge < -0.3 is 10.6 Å². The molecule has 0 saturated heterocycles. The highest BCUT2D eigenvalue weighted by atomic mass is 16.1. The van der Waals surface area contributed by atoms with Gasteiger partial charge in [-0.15, -0.1) is 10.2 Å². The number of nitrogens with zero attached hydrogens (tertiary/aromatic N) is 2. The molecule has 0 bridgehead atoms. The fraction of sp³-hybridized carbons (Fsp3) is 0.421. The number of nitrogens with one attached hydrogen (secondary N) is 2. The Bertz CT molecular complexity index is 657. The Kier molecular flexibility index (Phi) is 5.90. The fourth-order valence-electron chi connectivity index (χ4n) is 2.20. The lowest BCUT2D eigenvalue weighted by Crippen LogP contribution is -2.15. The third-order valence-corrected chi connectivity index (χ3v) is 3.76. The van der Waals surface area contributed by atoms with E-state index >= 15 is 0 Å². The maximum absolute atomic E-state index is 12.3. The van der Waals surface area contributed by atoms with E-state index in [4.69, 9.17) is 0 Å². The molecular weight excluding hydrogens is 300 g/mol. The van der Waals surface area contributed by atoms with Crippen LogP contribution in [0.3, 0.4) is 0 Å². The van der Waals surface area contributed by atoms with Crippen molar-refractivity contribution in [2.75, 3.05) is 17.2 Å². The van der Waals surface area contributed by atoms with Crippen molar-refractivity contribution >= 4 is 17.5 Å². The van der Waals surface area contributed by atoms with Crippen LogP contribution < -0.4 is 10.6 Å². The molecule has 1 aromatic carbocycles. The second kappa shape index (κ2) is 7.90. The van der Waals surface area contributed by atoms with E-state index in [0.717, 1.165) is 25.2 Å². The van der Waals surface area contributed by atoms with E-state index in [1.165, 1.54) is 5.56 Å². The first-order valence-corrected chi connectivity index (χ1v) is 8.39. The van der Waals surface area contributed by atoms with Crippen LogP contribution in [0.15, 0.2) is 36.4 Å². The number of unbranched alkanes of at least 4 members (excludes halogenated alkanes) is 1. The van der Waals surface area contributed by atoms with Crippen molar-refractivity contribution in [1.29, 1.82) is 0 Å². The van der Waals surface area contributed by atoms with Gasteiger partial charge in [-0.3, -0.25) is 4.79 Å². The first kappa shape index (κ1) is 17.9. The van der Waals surface area contributed by atoms with E-state index in [1.54, 1.807) is 6.07 Å². The minimum absolute atomic E-state index is 0.0705. The maximum Gasteiger partial charge on any atom is 0.256 e. The molecule has 2 rings (SSSR count). The lowest BCUT2D eigenvalue weighted by molar-refractivity contribution is 0.102. The lowest BCUT2D eigenvalue weighted by atomic mass is 9.87. The van der Waals surface area contributed by atoms with Crippen molar-refractivity contribution in [3.05, 3.63) is 47.5 Å². The molecule has 0 unspecified atom stereocenters. The van der Waals surface area contributed by atoms with Crippen LogP contribution in [0.5, 0.6) is 0 Å². The van der Waals surface area contributed by atoms with Crippen LogP contribution in [-0.4, -0.2) is 22.6 Å². The number of carbonyl (C=O) groups excluding carboxylic acids is 1. The zero-order valence-corrected chi connectivity index (χ0v) is 14.9. The summed E-state index contributed by atoms with van der Waals surface area (Å²) in [6, 6.07) is 11.2. The number of carbonyl (C=O) groups is 1. The van der Waals surface area contributed by atoms with Gasteiger partial charge in [0.1, 0.15) is 5.82 Å². The highest BCUT2D eigenvalue weighted by molar-refractivity contribution is 6.03. The number of rotatable bonds is 6. The molecule has 0 spiro atoms. The molecule has 2 N–H and O–H groups in total. The van der Waals surface area contributed by atoms with Crippen LogP contribution in [0.4, 0.5) is 11.6 Å². The minimum Gasteiger partial charge on any atom is -0.369 e. The second-order valence-corrected chi connectivity index (χ2v) is 6.87. The molecule has 0 aliphatic carbocycles. The third kappa shape index (κ3) is 5.05. The van der Waals surface area contributed by atoms with Crippen LogP contribution in [0.25, 0.3) is 0 Å². The summed E-state index contributed by atoms with van der Waals surface area (Å²) in [4.78, 5) is 12.3. The maximum atomic E-state index is 12.3. The monoisotopic (exact) mass is 326 g/mol.